The van der Waals surface area contributed by atoms with E-state index in [0.29, 0.717) is 11.3 Å². The average Bonchev–Trinajstić information content (AvgIpc) is 3.16. The van der Waals surface area contributed by atoms with Gasteiger partial charge in [-0.2, -0.15) is 4.98 Å². The maximum absolute atomic E-state index is 17.3. The van der Waals surface area contributed by atoms with E-state index in [-0.39, 0.29) is 70.6 Å². The van der Waals surface area contributed by atoms with Crippen molar-refractivity contribution in [3.05, 3.63) is 80.2 Å². The zero-order valence-electron chi connectivity index (χ0n) is 25.4. The number of anilines is 3. The molecule has 0 aliphatic carbocycles. The van der Waals surface area contributed by atoms with Crippen molar-refractivity contribution >= 4 is 57.2 Å². The quantitative estimate of drug-likeness (QED) is 0.151. The average molecular weight is 673 g/mol. The van der Waals surface area contributed by atoms with Gasteiger partial charge >= 0.3 is 5.69 Å². The van der Waals surface area contributed by atoms with Crippen molar-refractivity contribution in [1.29, 1.82) is 0 Å². The summed E-state index contributed by atoms with van der Waals surface area (Å²) in [6.07, 6.45) is 2.79. The van der Waals surface area contributed by atoms with E-state index in [1.54, 1.807) is 29.0 Å². The third-order valence-electron chi connectivity index (χ3n) is 8.66. The van der Waals surface area contributed by atoms with Gasteiger partial charge in [-0.15, -0.1) is 0 Å². The highest BCUT2D eigenvalue weighted by Crippen LogP contribution is 2.48. The standard InChI is InChI=1S/C32H30Cl2F3N7O2/c1-6-19(45)42-12-16-10-40-28-22-30(25(37)20(24(28)36)21-23(35)17(33)9-18(34)26(21)38)44(29-14(4)7-8-39-27(29)13(2)3)32(46)41-31(22)43(16)11-15(42)5/h6-9,13,15-16,40H,1,10-12,38H2,2-5H3. The molecule has 0 bridgehead atoms. The Balaban J connectivity index is 1.79. The molecule has 2 aliphatic rings. The maximum atomic E-state index is 17.3. The maximum Gasteiger partial charge on any atom is 0.354 e. The smallest absolute Gasteiger partial charge is 0.354 e. The molecule has 1 saturated heterocycles. The number of carbonyl (C=O) groups is 1. The third kappa shape index (κ3) is 4.68. The van der Waals surface area contributed by atoms with Gasteiger partial charge in [-0.05, 0) is 43.5 Å². The number of pyridine rings is 1. The largest absolute Gasteiger partial charge is 0.397 e. The number of nitrogens with zero attached hydrogens (tertiary/aromatic N) is 5. The minimum absolute atomic E-state index is 0.0216. The summed E-state index contributed by atoms with van der Waals surface area (Å²) >= 11 is 12.3. The van der Waals surface area contributed by atoms with Crippen LogP contribution < -0.4 is 21.6 Å². The van der Waals surface area contributed by atoms with Crippen LogP contribution in [0.15, 0.2) is 35.8 Å². The summed E-state index contributed by atoms with van der Waals surface area (Å²) in [5.74, 6) is -4.12. The van der Waals surface area contributed by atoms with E-state index in [1.165, 1.54) is 6.08 Å². The molecule has 2 unspecified atom stereocenters. The Morgan fingerprint density at radius 1 is 1.15 bits per heavy atom. The van der Waals surface area contributed by atoms with E-state index < -0.39 is 51.0 Å². The molecule has 4 aromatic rings. The first-order chi connectivity index (χ1) is 21.8. The number of amides is 1. The molecular formula is C32H30Cl2F3N7O2. The highest BCUT2D eigenvalue weighted by Gasteiger charge is 2.40. The van der Waals surface area contributed by atoms with Crippen LogP contribution in [0.3, 0.4) is 0 Å². The number of hydrogen-bond donors (Lipinski definition) is 2. The summed E-state index contributed by atoms with van der Waals surface area (Å²) < 4.78 is 51.0. The fourth-order valence-electron chi connectivity index (χ4n) is 6.45. The normalized spacial score (nSPS) is 17.6. The Morgan fingerprint density at radius 3 is 2.54 bits per heavy atom. The number of carbonyl (C=O) groups excluding carboxylic acids is 1. The lowest BCUT2D eigenvalue weighted by Crippen LogP contribution is -2.60. The minimum atomic E-state index is -1.27. The molecule has 2 aliphatic heterocycles. The molecule has 0 spiro atoms. The van der Waals surface area contributed by atoms with Crippen LogP contribution in [-0.4, -0.2) is 57.1 Å². The lowest BCUT2D eigenvalue weighted by atomic mass is 9.97. The fraction of sp³-hybridized carbons (Fsp3) is 0.312. The van der Waals surface area contributed by atoms with Crippen molar-refractivity contribution in [3.63, 3.8) is 0 Å². The van der Waals surface area contributed by atoms with Crippen LogP contribution in [0.25, 0.3) is 27.7 Å². The Kier molecular flexibility index (Phi) is 7.92. The topological polar surface area (TPSA) is 109 Å². The van der Waals surface area contributed by atoms with Crippen molar-refractivity contribution in [3.8, 4) is 16.8 Å². The van der Waals surface area contributed by atoms with Gasteiger partial charge in [0.25, 0.3) is 0 Å². The van der Waals surface area contributed by atoms with E-state index in [1.807, 2.05) is 20.8 Å². The number of benzene rings is 2. The highest BCUT2D eigenvalue weighted by molar-refractivity contribution is 6.37. The SMILES string of the molecule is C=CC(=O)N1CC2CNc3c(F)c(-c4c(N)c(Cl)cc(Cl)c4F)c(F)c4c3c(nc(=O)n4-c3c(C)ccnc3C(C)C)N2CC1C. The van der Waals surface area contributed by atoms with Crippen molar-refractivity contribution < 1.29 is 18.0 Å². The Labute approximate surface area is 272 Å². The van der Waals surface area contributed by atoms with Gasteiger partial charge in [0.2, 0.25) is 5.91 Å². The number of halogens is 5. The number of nitrogens with one attached hydrogen (secondary N) is 1. The van der Waals surface area contributed by atoms with Crippen molar-refractivity contribution in [2.24, 2.45) is 0 Å². The van der Waals surface area contributed by atoms with Crippen molar-refractivity contribution in [2.45, 2.75) is 45.7 Å². The number of piperazine rings is 1. The van der Waals surface area contributed by atoms with E-state index in [2.05, 4.69) is 21.9 Å². The van der Waals surface area contributed by atoms with E-state index in [9.17, 15) is 9.59 Å². The summed E-state index contributed by atoms with van der Waals surface area (Å²) in [6, 6.07) is 1.85. The molecule has 4 heterocycles. The molecule has 1 fully saturated rings. The number of aromatic nitrogens is 3. The number of rotatable bonds is 4. The molecule has 3 N–H and O–H groups in total. The van der Waals surface area contributed by atoms with Crippen LogP contribution >= 0.6 is 23.2 Å². The van der Waals surface area contributed by atoms with Gasteiger partial charge in [-0.25, -0.2) is 18.0 Å². The van der Waals surface area contributed by atoms with E-state index in [0.717, 1.165) is 10.6 Å². The summed E-state index contributed by atoms with van der Waals surface area (Å²) in [4.78, 5) is 39.1. The van der Waals surface area contributed by atoms with Crippen LogP contribution in [0.4, 0.5) is 30.4 Å². The minimum Gasteiger partial charge on any atom is -0.397 e. The summed E-state index contributed by atoms with van der Waals surface area (Å²) in [6.45, 7) is 11.3. The number of nitrogen functional groups attached to an aromatic ring is 1. The number of nitrogens with two attached hydrogens (primary N) is 1. The van der Waals surface area contributed by atoms with Crippen LogP contribution in [-0.2, 0) is 4.79 Å². The number of fused-ring (bicyclic) bond motifs is 2. The first kappa shape index (κ1) is 31.7. The van der Waals surface area contributed by atoms with Gasteiger partial charge in [0.1, 0.15) is 11.3 Å². The fourth-order valence-corrected chi connectivity index (χ4v) is 6.92. The van der Waals surface area contributed by atoms with Crippen LogP contribution in [0.1, 0.15) is 37.9 Å². The molecule has 6 rings (SSSR count). The molecule has 9 nitrogen and oxygen atoms in total. The lowest BCUT2D eigenvalue weighted by molar-refractivity contribution is -0.128. The van der Waals surface area contributed by atoms with Crippen molar-refractivity contribution in [2.75, 3.05) is 35.6 Å². The lowest BCUT2D eigenvalue weighted by Gasteiger charge is -2.45. The van der Waals surface area contributed by atoms with Gasteiger partial charge < -0.3 is 20.9 Å². The Hall–Kier alpha value is -4.29. The van der Waals surface area contributed by atoms with Gasteiger partial charge in [-0.1, -0.05) is 43.6 Å². The van der Waals surface area contributed by atoms with E-state index >= 15 is 13.2 Å². The van der Waals surface area contributed by atoms with Gasteiger partial charge in [0.15, 0.2) is 17.5 Å². The van der Waals surface area contributed by atoms with Gasteiger partial charge in [0.05, 0.1) is 49.8 Å². The molecule has 2 atom stereocenters. The highest BCUT2D eigenvalue weighted by atomic mass is 35.5. The molecule has 0 saturated carbocycles. The number of hydrogen-bond acceptors (Lipinski definition) is 7. The van der Waals surface area contributed by atoms with Gasteiger partial charge in [0, 0.05) is 37.4 Å². The molecule has 1 amide bonds. The van der Waals surface area contributed by atoms with Crippen LogP contribution in [0, 0.1) is 24.4 Å². The van der Waals surface area contributed by atoms with Crippen molar-refractivity contribution in [1.82, 2.24) is 19.4 Å². The predicted molar refractivity (Wildman–Crippen MR) is 175 cm³/mol. The zero-order chi connectivity index (χ0) is 33.4. The number of aryl methyl sites for hydroxylation is 1. The zero-order valence-corrected chi connectivity index (χ0v) is 26.9. The van der Waals surface area contributed by atoms with Gasteiger partial charge in [-0.3, -0.25) is 14.3 Å². The predicted octanol–water partition coefficient (Wildman–Crippen LogP) is 6.20. The van der Waals surface area contributed by atoms with Crippen LogP contribution in [0.5, 0.6) is 0 Å². The molecular weight excluding hydrogens is 642 g/mol. The van der Waals surface area contributed by atoms with E-state index in [4.69, 9.17) is 28.9 Å². The monoisotopic (exact) mass is 671 g/mol. The molecule has 14 heteroatoms. The molecule has 0 radical (unpaired) electrons. The second-order valence-corrected chi connectivity index (χ2v) is 12.7. The Bertz CT molecular complexity index is 2010. The summed E-state index contributed by atoms with van der Waals surface area (Å²) in [5, 5.41) is 2.31. The summed E-state index contributed by atoms with van der Waals surface area (Å²) in [5.41, 5.74) is 4.01. The Morgan fingerprint density at radius 2 is 1.87 bits per heavy atom. The second-order valence-electron chi connectivity index (χ2n) is 11.8. The molecule has 2 aromatic carbocycles. The molecule has 2 aromatic heterocycles. The molecule has 46 heavy (non-hydrogen) atoms. The first-order valence-corrected chi connectivity index (χ1v) is 15.3. The second kappa shape index (κ2) is 11.5. The third-order valence-corrected chi connectivity index (χ3v) is 9.25. The first-order valence-electron chi connectivity index (χ1n) is 14.6. The molecule has 240 valence electrons. The van der Waals surface area contributed by atoms with Crippen LogP contribution in [0.2, 0.25) is 10.0 Å². The summed E-state index contributed by atoms with van der Waals surface area (Å²) in [7, 11) is 0.